The van der Waals surface area contributed by atoms with Gasteiger partial charge in [-0.25, -0.2) is 4.79 Å². The largest absolute Gasteiger partial charge is 0.480 e. The van der Waals surface area contributed by atoms with E-state index in [9.17, 15) is 14.7 Å². The second-order valence-corrected chi connectivity index (χ2v) is 7.11. The summed E-state index contributed by atoms with van der Waals surface area (Å²) in [6.45, 7) is 2.16. The average molecular weight is 342 g/mol. The van der Waals surface area contributed by atoms with Crippen molar-refractivity contribution in [1.29, 1.82) is 0 Å². The van der Waals surface area contributed by atoms with Crippen molar-refractivity contribution >= 4 is 35.1 Å². The van der Waals surface area contributed by atoms with Crippen LogP contribution in [0, 0.1) is 5.92 Å². The van der Waals surface area contributed by atoms with E-state index < -0.39 is 11.5 Å². The van der Waals surface area contributed by atoms with Crippen LogP contribution in [0.2, 0.25) is 10.0 Å². The number of amides is 1. The molecule has 1 amide bonds. The Morgan fingerprint density at radius 1 is 1.32 bits per heavy atom. The summed E-state index contributed by atoms with van der Waals surface area (Å²) in [6.07, 6.45) is 1.99. The highest BCUT2D eigenvalue weighted by Gasteiger charge is 2.53. The summed E-state index contributed by atoms with van der Waals surface area (Å²) in [6, 6.07) is 5.41. The molecule has 1 saturated heterocycles. The third kappa shape index (κ3) is 2.48. The van der Waals surface area contributed by atoms with Crippen LogP contribution < -0.4 is 0 Å². The fourth-order valence-corrected chi connectivity index (χ4v) is 3.62. The first-order valence-electron chi connectivity index (χ1n) is 7.34. The van der Waals surface area contributed by atoms with Crippen LogP contribution in [-0.4, -0.2) is 34.0 Å². The van der Waals surface area contributed by atoms with Crippen molar-refractivity contribution in [2.45, 2.75) is 37.6 Å². The monoisotopic (exact) mass is 341 g/mol. The lowest BCUT2D eigenvalue weighted by molar-refractivity contribution is -0.155. The van der Waals surface area contributed by atoms with Gasteiger partial charge >= 0.3 is 5.97 Å². The van der Waals surface area contributed by atoms with E-state index in [2.05, 4.69) is 0 Å². The van der Waals surface area contributed by atoms with Crippen LogP contribution in [-0.2, 0) is 9.59 Å². The predicted octanol–water partition coefficient (Wildman–Crippen LogP) is 3.56. The highest BCUT2D eigenvalue weighted by Crippen LogP contribution is 2.50. The summed E-state index contributed by atoms with van der Waals surface area (Å²) in [5, 5.41) is 10.4. The van der Waals surface area contributed by atoms with Gasteiger partial charge in [0.1, 0.15) is 5.54 Å². The lowest BCUT2D eigenvalue weighted by Gasteiger charge is -2.31. The van der Waals surface area contributed by atoms with E-state index >= 15 is 0 Å². The van der Waals surface area contributed by atoms with Gasteiger partial charge in [0.2, 0.25) is 5.91 Å². The number of hydrogen-bond donors (Lipinski definition) is 1. The SMILES string of the molecule is CC1(C(=O)O)CCCN1C(=O)C1CC1c1ccc(Cl)c(Cl)c1. The fraction of sp³-hybridized carbons (Fsp3) is 0.500. The lowest BCUT2D eigenvalue weighted by Crippen LogP contribution is -2.51. The molecule has 118 valence electrons. The summed E-state index contributed by atoms with van der Waals surface area (Å²) < 4.78 is 0. The molecule has 2 fully saturated rings. The second kappa shape index (κ2) is 5.43. The van der Waals surface area contributed by atoms with Crippen LogP contribution >= 0.6 is 23.2 Å². The van der Waals surface area contributed by atoms with Crippen LogP contribution in [0.4, 0.5) is 0 Å². The van der Waals surface area contributed by atoms with Crippen LogP contribution in [0.1, 0.15) is 37.7 Å². The number of carboxylic acids is 1. The molecular formula is C16H17Cl2NO3. The fourth-order valence-electron chi connectivity index (χ4n) is 3.32. The van der Waals surface area contributed by atoms with Gasteiger partial charge in [-0.1, -0.05) is 29.3 Å². The molecule has 1 aromatic rings. The average Bonchev–Trinajstić information content (AvgIpc) is 3.17. The van der Waals surface area contributed by atoms with Crippen LogP contribution in [0.5, 0.6) is 0 Å². The van der Waals surface area contributed by atoms with E-state index in [4.69, 9.17) is 23.2 Å². The smallest absolute Gasteiger partial charge is 0.329 e. The van der Waals surface area contributed by atoms with Crippen molar-refractivity contribution in [3.05, 3.63) is 33.8 Å². The van der Waals surface area contributed by atoms with E-state index in [0.29, 0.717) is 23.0 Å². The van der Waals surface area contributed by atoms with E-state index in [1.54, 1.807) is 19.1 Å². The number of hydrogen-bond acceptors (Lipinski definition) is 2. The molecule has 0 aromatic heterocycles. The molecule has 3 unspecified atom stereocenters. The zero-order chi connectivity index (χ0) is 16.1. The summed E-state index contributed by atoms with van der Waals surface area (Å²) in [7, 11) is 0. The van der Waals surface area contributed by atoms with Gasteiger partial charge in [0.15, 0.2) is 0 Å². The number of benzene rings is 1. The summed E-state index contributed by atoms with van der Waals surface area (Å²) >= 11 is 11.9. The first-order chi connectivity index (χ1) is 10.3. The molecule has 0 radical (unpaired) electrons. The number of nitrogens with zero attached hydrogens (tertiary/aromatic N) is 1. The Hall–Kier alpha value is -1.26. The predicted molar refractivity (Wildman–Crippen MR) is 84.3 cm³/mol. The summed E-state index contributed by atoms with van der Waals surface area (Å²) in [4.78, 5) is 25.7. The molecule has 1 aromatic carbocycles. The summed E-state index contributed by atoms with van der Waals surface area (Å²) in [5.74, 6) is -1.02. The van der Waals surface area contributed by atoms with Crippen molar-refractivity contribution in [2.24, 2.45) is 5.92 Å². The Kier molecular flexibility index (Phi) is 3.86. The number of rotatable bonds is 3. The maximum atomic E-state index is 12.7. The maximum absolute atomic E-state index is 12.7. The minimum Gasteiger partial charge on any atom is -0.480 e. The molecule has 4 nitrogen and oxygen atoms in total. The van der Waals surface area contributed by atoms with Gasteiger partial charge in [0, 0.05) is 12.5 Å². The standard InChI is InChI=1S/C16H17Cl2NO3/c1-16(15(21)22)5-2-6-19(16)14(20)11-8-10(11)9-3-4-12(17)13(18)7-9/h3-4,7,10-11H,2,5-6,8H2,1H3,(H,21,22). The van der Waals surface area contributed by atoms with Crippen LogP contribution in [0.25, 0.3) is 0 Å². The number of carboxylic acid groups (broad SMARTS) is 1. The number of carbonyl (C=O) groups excluding carboxylic acids is 1. The number of halogens is 2. The quantitative estimate of drug-likeness (QED) is 0.914. The van der Waals surface area contributed by atoms with Gasteiger partial charge in [-0.2, -0.15) is 0 Å². The molecule has 0 spiro atoms. The van der Waals surface area contributed by atoms with E-state index in [-0.39, 0.29) is 17.7 Å². The molecule has 1 aliphatic carbocycles. The van der Waals surface area contributed by atoms with Gasteiger partial charge in [-0.05, 0) is 49.8 Å². The zero-order valence-electron chi connectivity index (χ0n) is 12.2. The minimum absolute atomic E-state index is 0.0570. The Morgan fingerprint density at radius 3 is 2.68 bits per heavy atom. The molecule has 3 atom stereocenters. The van der Waals surface area contributed by atoms with Gasteiger partial charge in [-0.3, -0.25) is 4.79 Å². The van der Waals surface area contributed by atoms with E-state index in [1.807, 2.05) is 6.07 Å². The summed E-state index contributed by atoms with van der Waals surface area (Å²) in [5.41, 5.74) is -0.0778. The van der Waals surface area contributed by atoms with Crippen molar-refractivity contribution < 1.29 is 14.7 Å². The molecule has 0 bridgehead atoms. The Morgan fingerprint density at radius 2 is 2.05 bits per heavy atom. The van der Waals surface area contributed by atoms with Gasteiger partial charge in [0.05, 0.1) is 10.0 Å². The Balaban J connectivity index is 1.75. The Bertz CT molecular complexity index is 648. The molecule has 22 heavy (non-hydrogen) atoms. The molecule has 6 heteroatoms. The highest BCUT2D eigenvalue weighted by molar-refractivity contribution is 6.42. The third-order valence-corrected chi connectivity index (χ3v) is 5.59. The van der Waals surface area contributed by atoms with Crippen molar-refractivity contribution in [2.75, 3.05) is 6.54 Å². The van der Waals surface area contributed by atoms with Crippen LogP contribution in [0.15, 0.2) is 18.2 Å². The van der Waals surface area contributed by atoms with Crippen molar-refractivity contribution in [3.8, 4) is 0 Å². The van der Waals surface area contributed by atoms with E-state index in [1.165, 1.54) is 4.90 Å². The minimum atomic E-state index is -1.07. The van der Waals surface area contributed by atoms with E-state index in [0.717, 1.165) is 18.4 Å². The zero-order valence-corrected chi connectivity index (χ0v) is 13.7. The van der Waals surface area contributed by atoms with Gasteiger partial charge < -0.3 is 10.0 Å². The van der Waals surface area contributed by atoms with Crippen molar-refractivity contribution in [1.82, 2.24) is 4.90 Å². The van der Waals surface area contributed by atoms with Crippen molar-refractivity contribution in [3.63, 3.8) is 0 Å². The molecule has 1 aliphatic heterocycles. The molecule has 1 heterocycles. The molecule has 2 aliphatic rings. The molecule has 3 rings (SSSR count). The third-order valence-electron chi connectivity index (χ3n) is 4.85. The molecule has 1 N–H and O–H groups in total. The van der Waals surface area contributed by atoms with Crippen LogP contribution in [0.3, 0.4) is 0 Å². The number of carbonyl (C=O) groups is 2. The molecule has 1 saturated carbocycles. The molecular weight excluding hydrogens is 325 g/mol. The van der Waals surface area contributed by atoms with Gasteiger partial charge in [-0.15, -0.1) is 0 Å². The Labute approximate surface area is 139 Å². The number of likely N-dealkylation sites (tertiary alicyclic amines) is 1. The first kappa shape index (κ1) is 15.6. The van der Waals surface area contributed by atoms with Gasteiger partial charge in [0.25, 0.3) is 0 Å². The second-order valence-electron chi connectivity index (χ2n) is 6.29. The first-order valence-corrected chi connectivity index (χ1v) is 8.10. The maximum Gasteiger partial charge on any atom is 0.329 e. The number of aliphatic carboxylic acids is 1. The highest BCUT2D eigenvalue weighted by atomic mass is 35.5. The lowest BCUT2D eigenvalue weighted by atomic mass is 9.98. The normalized spacial score (nSPS) is 30.4. The topological polar surface area (TPSA) is 57.6 Å².